The van der Waals surface area contributed by atoms with E-state index in [9.17, 15) is 12.8 Å². The van der Waals surface area contributed by atoms with Crippen LogP contribution in [0.25, 0.3) is 0 Å². The van der Waals surface area contributed by atoms with Crippen molar-refractivity contribution >= 4 is 44.7 Å². The predicted octanol–water partition coefficient (Wildman–Crippen LogP) is 4.79. The zero-order valence-electron chi connectivity index (χ0n) is 19.7. The normalized spacial score (nSPS) is 19.6. The maximum atomic E-state index is 15.2. The Morgan fingerprint density at radius 2 is 1.91 bits per heavy atom. The molecule has 35 heavy (non-hydrogen) atoms. The van der Waals surface area contributed by atoms with Gasteiger partial charge in [-0.1, -0.05) is 43.1 Å². The highest BCUT2D eigenvalue weighted by Crippen LogP contribution is 2.42. The zero-order valence-corrected chi connectivity index (χ0v) is 22.1. The Morgan fingerprint density at radius 1 is 1.20 bits per heavy atom. The summed E-state index contributed by atoms with van der Waals surface area (Å²) in [4.78, 5) is 6.84. The number of pyridine rings is 1. The molecule has 0 saturated carbocycles. The fourth-order valence-corrected chi connectivity index (χ4v) is 6.64. The van der Waals surface area contributed by atoms with Gasteiger partial charge in [0.1, 0.15) is 21.3 Å². The molecule has 2 aromatic rings. The van der Waals surface area contributed by atoms with Crippen LogP contribution in [0.5, 0.6) is 0 Å². The molecule has 1 aromatic heterocycles. The summed E-state index contributed by atoms with van der Waals surface area (Å²) in [5, 5.41) is -0.715. The quantitative estimate of drug-likeness (QED) is 0.377. The highest BCUT2D eigenvalue weighted by molar-refractivity contribution is 7.92. The van der Waals surface area contributed by atoms with Crippen LogP contribution in [-0.2, 0) is 14.8 Å². The summed E-state index contributed by atoms with van der Waals surface area (Å²) in [5.74, 6) is -2.39. The Balaban J connectivity index is 1.49. The van der Waals surface area contributed by atoms with Gasteiger partial charge in [-0.15, -0.1) is 0 Å². The number of benzene rings is 1. The van der Waals surface area contributed by atoms with Gasteiger partial charge in [0.25, 0.3) is 10.0 Å². The molecule has 1 aromatic carbocycles. The Labute approximate surface area is 214 Å². The van der Waals surface area contributed by atoms with Crippen LogP contribution in [0.1, 0.15) is 26.7 Å². The molecule has 2 fully saturated rings. The third kappa shape index (κ3) is 5.51. The van der Waals surface area contributed by atoms with Gasteiger partial charge < -0.3 is 14.5 Å². The second-order valence-electron chi connectivity index (χ2n) is 9.97. The van der Waals surface area contributed by atoms with Crippen molar-refractivity contribution in [3.8, 4) is 0 Å². The maximum absolute atomic E-state index is 15.2. The minimum atomic E-state index is -4.52. The molecule has 12 heteroatoms. The molecule has 4 rings (SSSR count). The van der Waals surface area contributed by atoms with Crippen LogP contribution < -0.4 is 9.62 Å². The number of nitrogens with one attached hydrogen (secondary N) is 1. The van der Waals surface area contributed by atoms with Gasteiger partial charge in [0.05, 0.1) is 10.7 Å². The van der Waals surface area contributed by atoms with Crippen LogP contribution in [0.4, 0.5) is 20.3 Å². The average molecular weight is 549 g/mol. The molecule has 0 aliphatic carbocycles. The Kier molecular flexibility index (Phi) is 7.25. The monoisotopic (exact) mass is 548 g/mol. The van der Waals surface area contributed by atoms with Crippen molar-refractivity contribution in [3.63, 3.8) is 0 Å². The molecule has 0 spiro atoms. The molecule has 7 nitrogen and oxygen atoms in total. The predicted molar refractivity (Wildman–Crippen MR) is 133 cm³/mol. The lowest BCUT2D eigenvalue weighted by atomic mass is 9.89. The van der Waals surface area contributed by atoms with Crippen LogP contribution in [0.3, 0.4) is 0 Å². The zero-order chi connectivity index (χ0) is 25.6. The number of halogens is 4. The van der Waals surface area contributed by atoms with Gasteiger partial charge in [-0.05, 0) is 43.0 Å². The molecule has 2 aliphatic rings. The number of aromatic nitrogens is 1. The number of ether oxygens (including phenoxy) is 1. The van der Waals surface area contributed by atoms with Crippen molar-refractivity contribution in [2.24, 2.45) is 5.41 Å². The smallest absolute Gasteiger partial charge is 0.267 e. The van der Waals surface area contributed by atoms with Crippen LogP contribution in [0.15, 0.2) is 29.2 Å². The van der Waals surface area contributed by atoms with E-state index in [-0.39, 0.29) is 21.6 Å². The van der Waals surface area contributed by atoms with Crippen molar-refractivity contribution in [3.05, 3.63) is 46.1 Å². The SMILES string of the molecule is COC1(CCN2CCC(C)(C)C2)CN(c2cc(Cl)c(S(=O)(=O)Nc3cccc(F)n3)c(F)c2Cl)C1. The molecule has 1 N–H and O–H groups in total. The molecule has 2 saturated heterocycles. The molecule has 0 amide bonds. The topological polar surface area (TPSA) is 74.8 Å². The highest BCUT2D eigenvalue weighted by Gasteiger charge is 2.45. The van der Waals surface area contributed by atoms with Gasteiger partial charge in [0, 0.05) is 33.3 Å². The molecule has 0 unspecified atom stereocenters. The number of rotatable bonds is 8. The van der Waals surface area contributed by atoms with Gasteiger partial charge in [0.15, 0.2) is 5.82 Å². The second-order valence-corrected chi connectivity index (χ2v) is 12.4. The number of sulfonamides is 1. The van der Waals surface area contributed by atoms with E-state index in [0.29, 0.717) is 18.5 Å². The first-order chi connectivity index (χ1) is 16.3. The Morgan fingerprint density at radius 3 is 2.51 bits per heavy atom. The third-order valence-corrected chi connectivity index (χ3v) is 8.88. The number of hydrogen-bond donors (Lipinski definition) is 1. The first-order valence-corrected chi connectivity index (χ1v) is 13.4. The van der Waals surface area contributed by atoms with E-state index < -0.39 is 32.3 Å². The van der Waals surface area contributed by atoms with Crippen molar-refractivity contribution < 1.29 is 21.9 Å². The van der Waals surface area contributed by atoms with Gasteiger partial charge in [0.2, 0.25) is 5.95 Å². The van der Waals surface area contributed by atoms with Crippen molar-refractivity contribution in [2.45, 2.75) is 37.2 Å². The molecule has 192 valence electrons. The van der Waals surface area contributed by atoms with Gasteiger partial charge in [-0.3, -0.25) is 4.72 Å². The fraction of sp³-hybridized carbons (Fsp3) is 0.522. The Hall–Kier alpha value is -1.72. The average Bonchev–Trinajstić information content (AvgIpc) is 3.09. The number of anilines is 2. The number of hydrogen-bond acceptors (Lipinski definition) is 6. The molecule has 0 radical (unpaired) electrons. The largest absolute Gasteiger partial charge is 0.374 e. The third-order valence-electron chi connectivity index (χ3n) is 6.69. The lowest BCUT2D eigenvalue weighted by molar-refractivity contribution is -0.0444. The number of likely N-dealkylation sites (tertiary alicyclic amines) is 1. The molecule has 3 heterocycles. The van der Waals surface area contributed by atoms with E-state index >= 15 is 4.39 Å². The standard InChI is InChI=1S/C23H28Cl2F2N4O3S/c1-22(2)7-9-30(12-22)10-8-23(34-3)13-31(14-23)16-11-15(24)21(20(27)19(16)25)35(32,33)29-18-6-4-5-17(26)28-18/h4-6,11H,7-10,12-14H2,1-3H3,(H,28,29). The van der Waals surface area contributed by atoms with Crippen molar-refractivity contribution in [1.29, 1.82) is 0 Å². The van der Waals surface area contributed by atoms with Crippen molar-refractivity contribution in [1.82, 2.24) is 9.88 Å². The highest BCUT2D eigenvalue weighted by atomic mass is 35.5. The number of nitrogens with zero attached hydrogens (tertiary/aromatic N) is 3. The fourth-order valence-electron chi connectivity index (χ4n) is 4.68. The molecule has 0 bridgehead atoms. The summed E-state index contributed by atoms with van der Waals surface area (Å²) in [6, 6.07) is 4.87. The molecule has 2 aliphatic heterocycles. The summed E-state index contributed by atoms with van der Waals surface area (Å²) >= 11 is 12.5. The van der Waals surface area contributed by atoms with Crippen LogP contribution >= 0.6 is 23.2 Å². The summed E-state index contributed by atoms with van der Waals surface area (Å²) in [6.07, 6.45) is 1.97. The second kappa shape index (κ2) is 9.63. The molecular formula is C23H28Cl2F2N4O3S. The van der Waals surface area contributed by atoms with Crippen molar-refractivity contribution in [2.75, 3.05) is 49.5 Å². The van der Waals surface area contributed by atoms with E-state index in [1.807, 2.05) is 9.62 Å². The van der Waals surface area contributed by atoms with Gasteiger partial charge >= 0.3 is 0 Å². The van der Waals surface area contributed by atoms with E-state index in [4.69, 9.17) is 27.9 Å². The molecular weight excluding hydrogens is 521 g/mol. The van der Waals surface area contributed by atoms with Gasteiger partial charge in [-0.25, -0.2) is 17.8 Å². The summed E-state index contributed by atoms with van der Waals surface area (Å²) in [5.41, 5.74) is 0.191. The summed E-state index contributed by atoms with van der Waals surface area (Å²) in [6.45, 7) is 8.44. The minimum Gasteiger partial charge on any atom is -0.374 e. The summed E-state index contributed by atoms with van der Waals surface area (Å²) < 4.78 is 62.0. The first kappa shape index (κ1) is 26.3. The van der Waals surface area contributed by atoms with E-state index in [2.05, 4.69) is 23.7 Å². The lowest BCUT2D eigenvalue weighted by Gasteiger charge is -2.51. The van der Waals surface area contributed by atoms with E-state index in [1.54, 1.807) is 7.11 Å². The minimum absolute atomic E-state index is 0.284. The maximum Gasteiger partial charge on any atom is 0.267 e. The van der Waals surface area contributed by atoms with Crippen LogP contribution in [-0.4, -0.2) is 63.7 Å². The first-order valence-electron chi connectivity index (χ1n) is 11.2. The molecule has 0 atom stereocenters. The summed E-state index contributed by atoms with van der Waals surface area (Å²) in [7, 11) is -2.86. The van der Waals surface area contributed by atoms with E-state index in [1.165, 1.54) is 18.2 Å². The number of methoxy groups -OCH3 is 1. The lowest BCUT2D eigenvalue weighted by Crippen LogP contribution is -2.64. The van der Waals surface area contributed by atoms with Crippen LogP contribution in [0, 0.1) is 17.2 Å². The van der Waals surface area contributed by atoms with E-state index in [0.717, 1.165) is 38.5 Å². The Bertz CT molecular complexity index is 1220. The van der Waals surface area contributed by atoms with Crippen LogP contribution in [0.2, 0.25) is 10.0 Å². The van der Waals surface area contributed by atoms with Gasteiger partial charge in [-0.2, -0.15) is 4.39 Å².